The van der Waals surface area contributed by atoms with Crippen LogP contribution < -0.4 is 15.4 Å². The molecule has 2 unspecified atom stereocenters. The third kappa shape index (κ3) is 4.36. The fourth-order valence-corrected chi connectivity index (χ4v) is 6.47. The van der Waals surface area contributed by atoms with Crippen molar-refractivity contribution in [3.05, 3.63) is 24.3 Å². The first kappa shape index (κ1) is 26.4. The number of amides is 3. The summed E-state index contributed by atoms with van der Waals surface area (Å²) < 4.78 is 11.9. The van der Waals surface area contributed by atoms with Gasteiger partial charge in [-0.05, 0) is 69.2 Å². The van der Waals surface area contributed by atoms with E-state index in [2.05, 4.69) is 10.6 Å². The van der Waals surface area contributed by atoms with Crippen molar-refractivity contribution < 1.29 is 29.0 Å². The number of likely N-dealkylation sites (tertiary alicyclic amines) is 1. The van der Waals surface area contributed by atoms with Gasteiger partial charge in [0.05, 0.1) is 24.5 Å². The largest absolute Gasteiger partial charge is 0.497 e. The predicted molar refractivity (Wildman–Crippen MR) is 134 cm³/mol. The number of fused-ring (bicyclic) bond motifs is 1. The highest BCUT2D eigenvalue weighted by Gasteiger charge is 2.78. The number of ether oxygens (including phenoxy) is 2. The highest BCUT2D eigenvalue weighted by molar-refractivity contribution is 6.03. The SMILES string of the molecule is CCCNC(=O)[C@H]1[C@H]2C(=O)N(CCCCCO)C(C(=O)Nc3ccc(OC)cc3)C23CC[C@]1(CC)O3. The summed E-state index contributed by atoms with van der Waals surface area (Å²) in [4.78, 5) is 42.8. The lowest BCUT2D eigenvalue weighted by Crippen LogP contribution is -2.53. The molecular weight excluding hydrogens is 462 g/mol. The van der Waals surface area contributed by atoms with E-state index in [1.807, 2.05) is 13.8 Å². The zero-order chi connectivity index (χ0) is 25.9. The Bertz CT molecular complexity index is 969. The molecule has 3 N–H and O–H groups in total. The Morgan fingerprint density at radius 3 is 2.53 bits per heavy atom. The van der Waals surface area contributed by atoms with Crippen molar-refractivity contribution in [1.82, 2.24) is 10.2 Å². The minimum Gasteiger partial charge on any atom is -0.497 e. The van der Waals surface area contributed by atoms with Gasteiger partial charge in [0.25, 0.3) is 0 Å². The lowest BCUT2D eigenvalue weighted by Gasteiger charge is -2.34. The topological polar surface area (TPSA) is 117 Å². The predicted octanol–water partition coefficient (Wildman–Crippen LogP) is 2.48. The van der Waals surface area contributed by atoms with Crippen LogP contribution >= 0.6 is 0 Å². The molecule has 1 aromatic carbocycles. The molecular formula is C27H39N3O6. The maximum absolute atomic E-state index is 14.0. The molecule has 9 nitrogen and oxygen atoms in total. The number of aliphatic hydroxyl groups excluding tert-OH is 1. The molecule has 1 aromatic rings. The van der Waals surface area contributed by atoms with E-state index in [1.54, 1.807) is 36.3 Å². The van der Waals surface area contributed by atoms with Crippen molar-refractivity contribution in [2.24, 2.45) is 11.8 Å². The van der Waals surface area contributed by atoms with Crippen LogP contribution in [0.5, 0.6) is 5.75 Å². The Balaban J connectivity index is 1.67. The molecule has 4 rings (SSSR count). The minimum atomic E-state index is -1.03. The second-order valence-electron chi connectivity index (χ2n) is 10.2. The summed E-state index contributed by atoms with van der Waals surface area (Å²) in [7, 11) is 1.58. The number of methoxy groups -OCH3 is 1. The maximum atomic E-state index is 14.0. The van der Waals surface area contributed by atoms with Crippen LogP contribution in [0.25, 0.3) is 0 Å². The number of anilines is 1. The smallest absolute Gasteiger partial charge is 0.250 e. The van der Waals surface area contributed by atoms with E-state index in [0.717, 1.165) is 12.8 Å². The van der Waals surface area contributed by atoms with Crippen molar-refractivity contribution in [2.75, 3.05) is 32.1 Å². The molecule has 9 heteroatoms. The van der Waals surface area contributed by atoms with Crippen molar-refractivity contribution in [3.63, 3.8) is 0 Å². The standard InChI is InChI=1S/C27H39N3O6/c1-4-15-28-23(32)20-21-25(34)30(16-7-6-8-17-31)22(27(21)14-13-26(20,5-2)36-27)24(33)29-18-9-11-19(35-3)12-10-18/h9-12,20-22,31H,4-8,13-17H2,1-3H3,(H,28,32)(H,29,33)/t20-,21+,22?,26+,27?/m1/s1. The molecule has 2 bridgehead atoms. The van der Waals surface area contributed by atoms with E-state index in [1.165, 1.54) is 0 Å². The normalized spacial score (nSPS) is 30.4. The third-order valence-corrected chi connectivity index (χ3v) is 8.18. The van der Waals surface area contributed by atoms with Crippen molar-refractivity contribution in [3.8, 4) is 5.75 Å². The average molecular weight is 502 g/mol. The first-order chi connectivity index (χ1) is 17.4. The van der Waals surface area contributed by atoms with Gasteiger partial charge in [0.1, 0.15) is 17.4 Å². The number of carbonyl (C=O) groups is 3. The average Bonchev–Trinajstić information content (AvgIpc) is 3.49. The van der Waals surface area contributed by atoms with E-state index in [-0.39, 0.29) is 24.3 Å². The molecule has 0 aromatic heterocycles. The molecule has 3 amide bonds. The van der Waals surface area contributed by atoms with Crippen molar-refractivity contribution in [1.29, 1.82) is 0 Å². The van der Waals surface area contributed by atoms with Crippen LogP contribution in [0.1, 0.15) is 58.8 Å². The van der Waals surface area contributed by atoms with Gasteiger partial charge >= 0.3 is 0 Å². The fraction of sp³-hybridized carbons (Fsp3) is 0.667. The molecule has 198 valence electrons. The zero-order valence-corrected chi connectivity index (χ0v) is 21.5. The lowest BCUT2D eigenvalue weighted by molar-refractivity contribution is -0.146. The van der Waals surface area contributed by atoms with Gasteiger partial charge in [0.2, 0.25) is 17.7 Å². The summed E-state index contributed by atoms with van der Waals surface area (Å²) in [5.41, 5.74) is -1.17. The van der Waals surface area contributed by atoms with Gasteiger partial charge in [-0.25, -0.2) is 0 Å². The Morgan fingerprint density at radius 1 is 1.14 bits per heavy atom. The lowest BCUT2D eigenvalue weighted by atomic mass is 9.65. The Kier molecular flexibility index (Phi) is 7.90. The van der Waals surface area contributed by atoms with E-state index < -0.39 is 29.1 Å². The molecule has 3 aliphatic rings. The first-order valence-corrected chi connectivity index (χ1v) is 13.2. The molecule has 5 atom stereocenters. The first-order valence-electron chi connectivity index (χ1n) is 13.2. The molecule has 0 saturated carbocycles. The van der Waals surface area contributed by atoms with Crippen LogP contribution in [-0.4, -0.2) is 71.8 Å². The molecule has 3 heterocycles. The summed E-state index contributed by atoms with van der Waals surface area (Å²) in [5.74, 6) is -1.27. The molecule has 3 aliphatic heterocycles. The highest BCUT2D eigenvalue weighted by Crippen LogP contribution is 2.64. The van der Waals surface area contributed by atoms with Crippen LogP contribution in [-0.2, 0) is 19.1 Å². The number of benzene rings is 1. The summed E-state index contributed by atoms with van der Waals surface area (Å²) in [6, 6.07) is 6.22. The molecule has 3 fully saturated rings. The van der Waals surface area contributed by atoms with Crippen LogP contribution in [0.3, 0.4) is 0 Å². The van der Waals surface area contributed by atoms with Gasteiger partial charge in [0.15, 0.2) is 0 Å². The number of nitrogens with zero attached hydrogens (tertiary/aromatic N) is 1. The Morgan fingerprint density at radius 2 is 1.89 bits per heavy atom. The number of unbranched alkanes of at least 4 members (excludes halogenated alkanes) is 2. The number of hydrogen-bond donors (Lipinski definition) is 3. The number of rotatable bonds is 12. The molecule has 1 spiro atoms. The summed E-state index contributed by atoms with van der Waals surface area (Å²) in [6.45, 7) is 4.98. The minimum absolute atomic E-state index is 0.0870. The number of nitrogens with one attached hydrogen (secondary N) is 2. The summed E-state index contributed by atoms with van der Waals surface area (Å²) >= 11 is 0. The number of aliphatic hydroxyl groups is 1. The summed E-state index contributed by atoms with van der Waals surface area (Å²) in [6.07, 6.45) is 4.64. The van der Waals surface area contributed by atoms with E-state index in [9.17, 15) is 19.5 Å². The molecule has 36 heavy (non-hydrogen) atoms. The Labute approximate surface area is 212 Å². The third-order valence-electron chi connectivity index (χ3n) is 8.18. The van der Waals surface area contributed by atoms with E-state index in [4.69, 9.17) is 9.47 Å². The number of carbonyl (C=O) groups excluding carboxylic acids is 3. The van der Waals surface area contributed by atoms with Crippen molar-refractivity contribution in [2.45, 2.75) is 76.0 Å². The maximum Gasteiger partial charge on any atom is 0.250 e. The van der Waals surface area contributed by atoms with Gasteiger partial charge in [-0.3, -0.25) is 14.4 Å². The van der Waals surface area contributed by atoms with Gasteiger partial charge in [-0.2, -0.15) is 0 Å². The molecule has 0 radical (unpaired) electrons. The monoisotopic (exact) mass is 501 g/mol. The van der Waals surface area contributed by atoms with Crippen LogP contribution in [0.4, 0.5) is 5.69 Å². The Hall–Kier alpha value is -2.65. The highest BCUT2D eigenvalue weighted by atomic mass is 16.5. The van der Waals surface area contributed by atoms with Crippen LogP contribution in [0, 0.1) is 11.8 Å². The summed E-state index contributed by atoms with van der Waals surface area (Å²) in [5, 5.41) is 15.1. The second-order valence-corrected chi connectivity index (χ2v) is 10.2. The number of hydrogen-bond acceptors (Lipinski definition) is 6. The van der Waals surface area contributed by atoms with Crippen LogP contribution in [0.2, 0.25) is 0 Å². The molecule has 3 saturated heterocycles. The van der Waals surface area contributed by atoms with Gasteiger partial charge in [0, 0.05) is 25.4 Å². The van der Waals surface area contributed by atoms with Gasteiger partial charge < -0.3 is 30.1 Å². The quantitative estimate of drug-likeness (QED) is 0.379. The van der Waals surface area contributed by atoms with Crippen LogP contribution in [0.15, 0.2) is 24.3 Å². The zero-order valence-electron chi connectivity index (χ0n) is 21.5. The van der Waals surface area contributed by atoms with Gasteiger partial charge in [-0.15, -0.1) is 0 Å². The van der Waals surface area contributed by atoms with Crippen molar-refractivity contribution >= 4 is 23.4 Å². The second kappa shape index (κ2) is 10.8. The van der Waals surface area contributed by atoms with E-state index >= 15 is 0 Å². The van der Waals surface area contributed by atoms with E-state index in [0.29, 0.717) is 56.6 Å². The fourth-order valence-electron chi connectivity index (χ4n) is 6.47. The van der Waals surface area contributed by atoms with Gasteiger partial charge in [-0.1, -0.05) is 13.8 Å². The molecule has 0 aliphatic carbocycles.